The van der Waals surface area contributed by atoms with E-state index in [0.29, 0.717) is 6.07 Å². The molecule has 5 heteroatoms. The third-order valence-corrected chi connectivity index (χ3v) is 1.87. The maximum atomic E-state index is 12.9. The molecule has 2 rings (SSSR count). The molecule has 1 amide bonds. The molecule has 1 aliphatic heterocycles. The molecule has 0 aromatic heterocycles. The number of carbonyl (C=O) groups excluding carboxylic acids is 1. The third-order valence-electron chi connectivity index (χ3n) is 1.87. The Balaban J connectivity index is 2.69. The smallest absolute Gasteiger partial charge is 0.229 e. The van der Waals surface area contributed by atoms with Crippen LogP contribution in [0.4, 0.5) is 18.9 Å². The first kappa shape index (κ1) is 8.10. The summed E-state index contributed by atoms with van der Waals surface area (Å²) < 4.78 is 38.4. The topological polar surface area (TPSA) is 29.1 Å². The van der Waals surface area contributed by atoms with Crippen molar-refractivity contribution < 1.29 is 18.0 Å². The normalized spacial score (nSPS) is 14.2. The highest BCUT2D eigenvalue weighted by Gasteiger charge is 2.27. The highest BCUT2D eigenvalue weighted by atomic mass is 19.2. The van der Waals surface area contributed by atoms with Gasteiger partial charge in [0.25, 0.3) is 0 Å². The minimum absolute atomic E-state index is 0.107. The number of rotatable bonds is 0. The van der Waals surface area contributed by atoms with Crippen molar-refractivity contribution in [3.8, 4) is 0 Å². The van der Waals surface area contributed by atoms with E-state index in [4.69, 9.17) is 0 Å². The predicted octanol–water partition coefficient (Wildman–Crippen LogP) is 1.60. The van der Waals surface area contributed by atoms with Crippen molar-refractivity contribution in [1.29, 1.82) is 0 Å². The molecule has 1 aliphatic rings. The van der Waals surface area contributed by atoms with Crippen molar-refractivity contribution in [1.82, 2.24) is 0 Å². The summed E-state index contributed by atoms with van der Waals surface area (Å²) in [5, 5.41) is 2.05. The van der Waals surface area contributed by atoms with Crippen molar-refractivity contribution in [2.24, 2.45) is 0 Å². The van der Waals surface area contributed by atoms with Gasteiger partial charge >= 0.3 is 0 Å². The first-order valence-corrected chi connectivity index (χ1v) is 3.56. The number of carbonyl (C=O) groups is 1. The lowest BCUT2D eigenvalue weighted by Gasteiger charge is -2.01. The lowest BCUT2D eigenvalue weighted by molar-refractivity contribution is -0.115. The average molecular weight is 187 g/mol. The maximum Gasteiger partial charge on any atom is 0.229 e. The molecule has 0 bridgehead atoms. The van der Waals surface area contributed by atoms with E-state index in [9.17, 15) is 18.0 Å². The van der Waals surface area contributed by atoms with Gasteiger partial charge in [-0.2, -0.15) is 0 Å². The Hall–Kier alpha value is -1.52. The van der Waals surface area contributed by atoms with Crippen molar-refractivity contribution in [3.05, 3.63) is 29.1 Å². The molecule has 1 aromatic rings. The van der Waals surface area contributed by atoms with Crippen LogP contribution >= 0.6 is 0 Å². The average Bonchev–Trinajstić information content (AvgIpc) is 2.44. The number of hydrogen-bond donors (Lipinski definition) is 1. The van der Waals surface area contributed by atoms with Crippen molar-refractivity contribution >= 4 is 11.6 Å². The number of benzene rings is 1. The molecule has 1 heterocycles. The Labute approximate surface area is 71.4 Å². The van der Waals surface area contributed by atoms with Crippen molar-refractivity contribution in [2.75, 3.05) is 5.32 Å². The molecule has 13 heavy (non-hydrogen) atoms. The lowest BCUT2D eigenvalue weighted by Crippen LogP contribution is -2.04. The van der Waals surface area contributed by atoms with Crippen LogP contribution in [0, 0.1) is 17.5 Å². The molecule has 1 N–H and O–H groups in total. The monoisotopic (exact) mass is 187 g/mol. The SMILES string of the molecule is O=C1Cc2c(F)cc(F)c(F)c2N1. The fraction of sp³-hybridized carbons (Fsp3) is 0.125. The molecule has 0 unspecified atom stereocenters. The lowest BCUT2D eigenvalue weighted by atomic mass is 10.1. The Morgan fingerprint density at radius 1 is 1.23 bits per heavy atom. The molecular weight excluding hydrogens is 183 g/mol. The van der Waals surface area contributed by atoms with Gasteiger partial charge in [-0.25, -0.2) is 13.2 Å². The first-order valence-electron chi connectivity index (χ1n) is 3.56. The summed E-state index contributed by atoms with van der Waals surface area (Å²) in [7, 11) is 0. The Morgan fingerprint density at radius 3 is 2.62 bits per heavy atom. The summed E-state index contributed by atoms with van der Waals surface area (Å²) in [6.07, 6.45) is -0.238. The molecule has 68 valence electrons. The Bertz CT molecular complexity index is 403. The summed E-state index contributed by atoms with van der Waals surface area (Å²) in [4.78, 5) is 10.7. The van der Waals surface area contributed by atoms with Gasteiger partial charge in [0.05, 0.1) is 12.1 Å². The number of anilines is 1. The number of nitrogens with one attached hydrogen (secondary N) is 1. The second kappa shape index (κ2) is 2.48. The summed E-state index contributed by atoms with van der Waals surface area (Å²) in [6, 6.07) is 0.439. The molecule has 0 saturated carbocycles. The van der Waals surface area contributed by atoms with Gasteiger partial charge in [-0.3, -0.25) is 4.79 Å². The summed E-state index contributed by atoms with van der Waals surface area (Å²) in [5.41, 5.74) is -0.480. The molecule has 2 nitrogen and oxygen atoms in total. The minimum atomic E-state index is -1.29. The van der Waals surface area contributed by atoms with E-state index in [1.807, 2.05) is 0 Å². The fourth-order valence-electron chi connectivity index (χ4n) is 1.28. The fourth-order valence-corrected chi connectivity index (χ4v) is 1.28. The van der Waals surface area contributed by atoms with Crippen LogP contribution in [0.2, 0.25) is 0 Å². The molecule has 0 saturated heterocycles. The first-order chi connectivity index (χ1) is 6.09. The number of fused-ring (bicyclic) bond motifs is 1. The van der Waals surface area contributed by atoms with Crippen LogP contribution in [-0.4, -0.2) is 5.91 Å². The minimum Gasteiger partial charge on any atom is -0.323 e. The van der Waals surface area contributed by atoms with E-state index in [-0.39, 0.29) is 17.7 Å². The zero-order valence-corrected chi connectivity index (χ0v) is 6.33. The molecule has 0 atom stereocenters. The summed E-state index contributed by atoms with van der Waals surface area (Å²) >= 11 is 0. The van der Waals surface area contributed by atoms with Gasteiger partial charge in [-0.15, -0.1) is 0 Å². The van der Waals surface area contributed by atoms with Crippen LogP contribution < -0.4 is 5.32 Å². The molecule has 0 fully saturated rings. The van der Waals surface area contributed by atoms with Gasteiger partial charge in [-0.05, 0) is 0 Å². The molecule has 0 aliphatic carbocycles. The predicted molar refractivity (Wildman–Crippen MR) is 38.6 cm³/mol. The second-order valence-corrected chi connectivity index (χ2v) is 2.73. The van der Waals surface area contributed by atoms with Crippen LogP contribution in [0.1, 0.15) is 5.56 Å². The van der Waals surface area contributed by atoms with Crippen molar-refractivity contribution in [2.45, 2.75) is 6.42 Å². The number of halogens is 3. The highest BCUT2D eigenvalue weighted by molar-refractivity contribution is 5.99. The standard InChI is InChI=1S/C8H4F3NO/c9-4-2-5(10)7(11)8-3(4)1-6(13)12-8/h2H,1H2,(H,12,13). The van der Waals surface area contributed by atoms with Crippen LogP contribution in [0.5, 0.6) is 0 Å². The van der Waals surface area contributed by atoms with Crippen LogP contribution in [-0.2, 0) is 11.2 Å². The van der Waals surface area contributed by atoms with Crippen molar-refractivity contribution in [3.63, 3.8) is 0 Å². The van der Waals surface area contributed by atoms with Gasteiger partial charge < -0.3 is 5.32 Å². The largest absolute Gasteiger partial charge is 0.323 e. The highest BCUT2D eigenvalue weighted by Crippen LogP contribution is 2.30. The molecule has 0 radical (unpaired) electrons. The van der Waals surface area contributed by atoms with Crippen LogP contribution in [0.25, 0.3) is 0 Å². The van der Waals surface area contributed by atoms with Gasteiger partial charge in [0.2, 0.25) is 5.91 Å². The van der Waals surface area contributed by atoms with Gasteiger partial charge in [-0.1, -0.05) is 0 Å². The Morgan fingerprint density at radius 2 is 1.92 bits per heavy atom. The van der Waals surface area contributed by atoms with Crippen LogP contribution in [0.3, 0.4) is 0 Å². The zero-order chi connectivity index (χ0) is 9.59. The van der Waals surface area contributed by atoms with E-state index >= 15 is 0 Å². The van der Waals surface area contributed by atoms with E-state index in [1.165, 1.54) is 0 Å². The maximum absolute atomic E-state index is 12.9. The van der Waals surface area contributed by atoms with Gasteiger partial charge in [0.1, 0.15) is 5.82 Å². The van der Waals surface area contributed by atoms with E-state index in [0.717, 1.165) is 0 Å². The second-order valence-electron chi connectivity index (χ2n) is 2.73. The van der Waals surface area contributed by atoms with E-state index < -0.39 is 23.4 Å². The van der Waals surface area contributed by atoms with Gasteiger partial charge in [0.15, 0.2) is 11.6 Å². The number of hydrogen-bond acceptors (Lipinski definition) is 1. The quantitative estimate of drug-likeness (QED) is 0.614. The molecule has 0 spiro atoms. The number of amides is 1. The molecule has 1 aromatic carbocycles. The summed E-state index contributed by atoms with van der Waals surface area (Å²) in [5.74, 6) is -3.92. The van der Waals surface area contributed by atoms with Gasteiger partial charge in [0, 0.05) is 11.6 Å². The molecular formula is C8H4F3NO. The van der Waals surface area contributed by atoms with Crippen LogP contribution in [0.15, 0.2) is 6.07 Å². The Kier molecular flexibility index (Phi) is 1.55. The third kappa shape index (κ3) is 1.07. The summed E-state index contributed by atoms with van der Waals surface area (Å²) in [6.45, 7) is 0. The zero-order valence-electron chi connectivity index (χ0n) is 6.33. The van der Waals surface area contributed by atoms with E-state index in [2.05, 4.69) is 5.32 Å². The van der Waals surface area contributed by atoms with E-state index in [1.54, 1.807) is 0 Å².